The van der Waals surface area contributed by atoms with Gasteiger partial charge in [-0.05, 0) is 19.1 Å². The Morgan fingerprint density at radius 2 is 2.06 bits per heavy atom. The quantitative estimate of drug-likeness (QED) is 0.822. The second kappa shape index (κ2) is 4.45. The van der Waals surface area contributed by atoms with E-state index in [0.29, 0.717) is 5.69 Å². The Bertz CT molecular complexity index is 644. The maximum absolute atomic E-state index is 13.0. The van der Waals surface area contributed by atoms with Crippen molar-refractivity contribution in [2.75, 3.05) is 0 Å². The molecule has 0 atom stereocenters. The number of nitrogens with zero attached hydrogens (tertiary/aromatic N) is 3. The number of benzene rings is 1. The molecule has 0 fully saturated rings. The van der Waals surface area contributed by atoms with Gasteiger partial charge in [0.05, 0.1) is 5.69 Å². The van der Waals surface area contributed by atoms with Crippen molar-refractivity contribution in [3.8, 4) is 17.7 Å². The van der Waals surface area contributed by atoms with Crippen LogP contribution in [0.5, 0.6) is 11.6 Å². The van der Waals surface area contributed by atoms with Gasteiger partial charge in [-0.25, -0.2) is 13.5 Å². The molecule has 92 valence electrons. The Morgan fingerprint density at radius 1 is 1.33 bits per heavy atom. The van der Waals surface area contributed by atoms with Gasteiger partial charge in [-0.3, -0.25) is 0 Å². The van der Waals surface area contributed by atoms with E-state index in [1.807, 2.05) is 6.07 Å². The van der Waals surface area contributed by atoms with E-state index in [1.165, 1.54) is 10.7 Å². The van der Waals surface area contributed by atoms with Crippen molar-refractivity contribution in [2.45, 2.75) is 6.92 Å². The minimum Gasteiger partial charge on any atom is -0.438 e. The molecule has 0 N–H and O–H groups in total. The summed E-state index contributed by atoms with van der Waals surface area (Å²) in [5, 5.41) is 13.0. The standard InChI is InChI=1S/C12H9F2N3O/c1-7-9(6-15)12(17(2)16-7)18-8-3-4-10(13)11(14)5-8/h3-5H,1-2H3. The highest BCUT2D eigenvalue weighted by Gasteiger charge is 2.15. The fraction of sp³-hybridized carbons (Fsp3) is 0.167. The van der Waals surface area contributed by atoms with Crippen LogP contribution in [0.3, 0.4) is 0 Å². The molecular formula is C12H9F2N3O. The number of ether oxygens (including phenoxy) is 1. The summed E-state index contributed by atoms with van der Waals surface area (Å²) in [5.41, 5.74) is 0.778. The third kappa shape index (κ3) is 2.02. The highest BCUT2D eigenvalue weighted by atomic mass is 19.2. The first kappa shape index (κ1) is 12.0. The van der Waals surface area contributed by atoms with Crippen LogP contribution in [-0.2, 0) is 7.05 Å². The van der Waals surface area contributed by atoms with Gasteiger partial charge in [-0.1, -0.05) is 0 Å². The van der Waals surface area contributed by atoms with Crippen LogP contribution in [-0.4, -0.2) is 9.78 Å². The lowest BCUT2D eigenvalue weighted by molar-refractivity contribution is 0.420. The Hall–Kier alpha value is -2.42. The van der Waals surface area contributed by atoms with E-state index in [0.717, 1.165) is 12.1 Å². The summed E-state index contributed by atoms with van der Waals surface area (Å²) in [6.07, 6.45) is 0. The lowest BCUT2D eigenvalue weighted by Gasteiger charge is -2.06. The van der Waals surface area contributed by atoms with Gasteiger partial charge < -0.3 is 4.74 Å². The van der Waals surface area contributed by atoms with Crippen LogP contribution in [0.25, 0.3) is 0 Å². The van der Waals surface area contributed by atoms with Gasteiger partial charge in [-0.15, -0.1) is 0 Å². The van der Waals surface area contributed by atoms with Gasteiger partial charge in [0.1, 0.15) is 17.4 Å². The smallest absolute Gasteiger partial charge is 0.235 e. The Balaban J connectivity index is 2.40. The predicted molar refractivity (Wildman–Crippen MR) is 59.1 cm³/mol. The summed E-state index contributed by atoms with van der Waals surface area (Å²) in [6, 6.07) is 5.11. The number of hydrogen-bond donors (Lipinski definition) is 0. The van der Waals surface area contributed by atoms with E-state index < -0.39 is 11.6 Å². The fourth-order valence-electron chi connectivity index (χ4n) is 1.53. The summed E-state index contributed by atoms with van der Waals surface area (Å²) in [7, 11) is 1.60. The SMILES string of the molecule is Cc1nn(C)c(Oc2ccc(F)c(F)c2)c1C#N. The van der Waals surface area contributed by atoms with Crippen LogP contribution >= 0.6 is 0 Å². The molecule has 0 saturated carbocycles. The molecule has 1 aromatic carbocycles. The number of hydrogen-bond acceptors (Lipinski definition) is 3. The third-order valence-corrected chi connectivity index (χ3v) is 2.39. The molecule has 1 aromatic heterocycles. The first-order valence-electron chi connectivity index (χ1n) is 5.09. The van der Waals surface area contributed by atoms with Crippen molar-refractivity contribution in [2.24, 2.45) is 7.05 Å². The van der Waals surface area contributed by atoms with E-state index in [2.05, 4.69) is 5.10 Å². The lowest BCUT2D eigenvalue weighted by atomic mass is 10.3. The minimum absolute atomic E-state index is 0.105. The Labute approximate surface area is 102 Å². The molecule has 18 heavy (non-hydrogen) atoms. The van der Waals surface area contributed by atoms with Crippen molar-refractivity contribution in [3.05, 3.63) is 41.1 Å². The zero-order chi connectivity index (χ0) is 13.3. The second-order valence-corrected chi connectivity index (χ2v) is 3.68. The molecule has 0 radical (unpaired) electrons. The lowest BCUT2D eigenvalue weighted by Crippen LogP contribution is -1.97. The van der Waals surface area contributed by atoms with Gasteiger partial charge in [-0.2, -0.15) is 10.4 Å². The molecule has 1 heterocycles. The zero-order valence-corrected chi connectivity index (χ0v) is 9.74. The van der Waals surface area contributed by atoms with Gasteiger partial charge in [0, 0.05) is 13.1 Å². The summed E-state index contributed by atoms with van der Waals surface area (Å²) >= 11 is 0. The van der Waals surface area contributed by atoms with Crippen LogP contribution in [0.1, 0.15) is 11.3 Å². The average molecular weight is 249 g/mol. The summed E-state index contributed by atoms with van der Waals surface area (Å²) < 4.78 is 32.5. The van der Waals surface area contributed by atoms with Crippen LogP contribution in [0, 0.1) is 29.9 Å². The molecular weight excluding hydrogens is 240 g/mol. The Kier molecular flexibility index (Phi) is 2.98. The highest BCUT2D eigenvalue weighted by molar-refractivity contribution is 5.44. The van der Waals surface area contributed by atoms with E-state index in [1.54, 1.807) is 14.0 Å². The van der Waals surface area contributed by atoms with Gasteiger partial charge >= 0.3 is 0 Å². The highest BCUT2D eigenvalue weighted by Crippen LogP contribution is 2.27. The van der Waals surface area contributed by atoms with E-state index in [4.69, 9.17) is 10.00 Å². The molecule has 0 unspecified atom stereocenters. The number of rotatable bonds is 2. The number of aryl methyl sites for hydroxylation is 2. The van der Waals surface area contributed by atoms with Gasteiger partial charge in [0.25, 0.3) is 0 Å². The maximum atomic E-state index is 13.0. The summed E-state index contributed by atoms with van der Waals surface area (Å²) in [6.45, 7) is 1.66. The molecule has 0 amide bonds. The third-order valence-electron chi connectivity index (χ3n) is 2.39. The largest absolute Gasteiger partial charge is 0.438 e. The second-order valence-electron chi connectivity index (χ2n) is 3.68. The van der Waals surface area contributed by atoms with E-state index >= 15 is 0 Å². The molecule has 0 saturated heterocycles. The van der Waals surface area contributed by atoms with Gasteiger partial charge in [0.15, 0.2) is 11.6 Å². The number of halogens is 2. The van der Waals surface area contributed by atoms with Crippen molar-refractivity contribution in [3.63, 3.8) is 0 Å². The van der Waals surface area contributed by atoms with Crippen molar-refractivity contribution < 1.29 is 13.5 Å². The van der Waals surface area contributed by atoms with Crippen molar-refractivity contribution in [1.82, 2.24) is 9.78 Å². The van der Waals surface area contributed by atoms with Crippen molar-refractivity contribution in [1.29, 1.82) is 5.26 Å². The monoisotopic (exact) mass is 249 g/mol. The van der Waals surface area contributed by atoms with Crippen LogP contribution in [0.2, 0.25) is 0 Å². The van der Waals surface area contributed by atoms with Crippen LogP contribution < -0.4 is 4.74 Å². The van der Waals surface area contributed by atoms with Crippen LogP contribution in [0.4, 0.5) is 8.78 Å². The van der Waals surface area contributed by atoms with Crippen molar-refractivity contribution >= 4 is 0 Å². The molecule has 0 aliphatic carbocycles. The molecule has 0 aliphatic rings. The number of nitriles is 1. The molecule has 0 spiro atoms. The fourth-order valence-corrected chi connectivity index (χ4v) is 1.53. The first-order chi connectivity index (χ1) is 8.52. The minimum atomic E-state index is -1.01. The predicted octanol–water partition coefficient (Wildman–Crippen LogP) is 2.67. The first-order valence-corrected chi connectivity index (χ1v) is 5.09. The molecule has 2 rings (SSSR count). The molecule has 2 aromatic rings. The normalized spacial score (nSPS) is 10.2. The average Bonchev–Trinajstić information content (AvgIpc) is 2.58. The molecule has 0 aliphatic heterocycles. The van der Waals surface area contributed by atoms with E-state index in [9.17, 15) is 8.78 Å². The zero-order valence-electron chi connectivity index (χ0n) is 9.74. The number of aromatic nitrogens is 2. The van der Waals surface area contributed by atoms with E-state index in [-0.39, 0.29) is 17.2 Å². The van der Waals surface area contributed by atoms with Gasteiger partial charge in [0.2, 0.25) is 5.88 Å². The molecule has 0 bridgehead atoms. The summed E-state index contributed by atoms with van der Waals surface area (Å²) in [5.74, 6) is -1.66. The summed E-state index contributed by atoms with van der Waals surface area (Å²) in [4.78, 5) is 0. The maximum Gasteiger partial charge on any atom is 0.235 e. The topological polar surface area (TPSA) is 50.8 Å². The Morgan fingerprint density at radius 3 is 2.67 bits per heavy atom. The molecule has 6 heteroatoms. The van der Waals surface area contributed by atoms with Crippen LogP contribution in [0.15, 0.2) is 18.2 Å². The molecule has 4 nitrogen and oxygen atoms in total.